The van der Waals surface area contributed by atoms with Gasteiger partial charge in [-0.25, -0.2) is 0 Å². The Kier molecular flexibility index (Phi) is 9.84. The fraction of sp³-hybridized carbons (Fsp3) is 0.917. The van der Waals surface area contributed by atoms with Gasteiger partial charge >= 0.3 is 0 Å². The molecular formula is C12H25NO2. The van der Waals surface area contributed by atoms with E-state index in [0.29, 0.717) is 25.4 Å². The lowest BCUT2D eigenvalue weighted by Gasteiger charge is -2.08. The Bertz CT molecular complexity index is 160. The number of ether oxygens (including phenoxy) is 1. The van der Waals surface area contributed by atoms with Crippen molar-refractivity contribution >= 4 is 5.78 Å². The predicted octanol–water partition coefficient (Wildman–Crippen LogP) is 2.01. The number of ketones is 1. The van der Waals surface area contributed by atoms with Crippen molar-refractivity contribution in [3.63, 3.8) is 0 Å². The zero-order valence-corrected chi connectivity index (χ0v) is 10.3. The van der Waals surface area contributed by atoms with E-state index in [1.165, 1.54) is 0 Å². The molecule has 3 nitrogen and oxygen atoms in total. The number of rotatable bonds is 10. The summed E-state index contributed by atoms with van der Waals surface area (Å²) in [7, 11) is 0. The largest absolute Gasteiger partial charge is 0.380 e. The molecule has 0 aliphatic heterocycles. The lowest BCUT2D eigenvalue weighted by Crippen LogP contribution is -2.21. The molecule has 0 radical (unpaired) electrons. The molecule has 0 aromatic carbocycles. The molecule has 0 amide bonds. The highest BCUT2D eigenvalue weighted by Gasteiger charge is 2.09. The zero-order chi connectivity index (χ0) is 11.5. The summed E-state index contributed by atoms with van der Waals surface area (Å²) in [6, 6.07) is 0. The van der Waals surface area contributed by atoms with Crippen LogP contribution in [0.5, 0.6) is 0 Å². The van der Waals surface area contributed by atoms with Crippen LogP contribution in [0.25, 0.3) is 0 Å². The maximum atomic E-state index is 11.4. The topological polar surface area (TPSA) is 38.3 Å². The van der Waals surface area contributed by atoms with Crippen molar-refractivity contribution in [3.05, 3.63) is 0 Å². The van der Waals surface area contributed by atoms with Crippen molar-refractivity contribution < 1.29 is 9.53 Å². The van der Waals surface area contributed by atoms with Crippen molar-refractivity contribution in [2.24, 2.45) is 5.92 Å². The fourth-order valence-electron chi connectivity index (χ4n) is 1.20. The Balaban J connectivity index is 3.20. The normalized spacial score (nSPS) is 12.7. The molecule has 1 N–H and O–H groups in total. The van der Waals surface area contributed by atoms with Crippen LogP contribution in [0.3, 0.4) is 0 Å². The molecule has 0 spiro atoms. The van der Waals surface area contributed by atoms with Gasteiger partial charge in [-0.05, 0) is 19.4 Å². The highest BCUT2D eigenvalue weighted by Crippen LogP contribution is 2.04. The van der Waals surface area contributed by atoms with Gasteiger partial charge < -0.3 is 10.1 Å². The third-order valence-corrected chi connectivity index (χ3v) is 2.50. The quantitative estimate of drug-likeness (QED) is 0.566. The van der Waals surface area contributed by atoms with Crippen molar-refractivity contribution in [3.8, 4) is 0 Å². The van der Waals surface area contributed by atoms with Crippen molar-refractivity contribution in [2.45, 2.75) is 40.0 Å². The molecular weight excluding hydrogens is 190 g/mol. The summed E-state index contributed by atoms with van der Waals surface area (Å²) < 4.78 is 5.36. The van der Waals surface area contributed by atoms with Gasteiger partial charge in [0.2, 0.25) is 0 Å². The molecule has 0 aliphatic carbocycles. The van der Waals surface area contributed by atoms with Gasteiger partial charge in [0.15, 0.2) is 0 Å². The second kappa shape index (κ2) is 10.1. The van der Waals surface area contributed by atoms with Crippen LogP contribution in [0.1, 0.15) is 40.0 Å². The van der Waals surface area contributed by atoms with Crippen molar-refractivity contribution in [1.82, 2.24) is 5.32 Å². The minimum Gasteiger partial charge on any atom is -0.380 e. The van der Waals surface area contributed by atoms with Gasteiger partial charge in [0.25, 0.3) is 0 Å². The van der Waals surface area contributed by atoms with Gasteiger partial charge in [0, 0.05) is 18.9 Å². The van der Waals surface area contributed by atoms with E-state index in [0.717, 1.165) is 25.9 Å². The number of hydrogen-bond acceptors (Lipinski definition) is 3. The highest BCUT2D eigenvalue weighted by atomic mass is 16.5. The van der Waals surface area contributed by atoms with E-state index in [4.69, 9.17) is 4.74 Å². The Labute approximate surface area is 93.6 Å². The van der Waals surface area contributed by atoms with E-state index < -0.39 is 0 Å². The molecule has 0 rings (SSSR count). The molecule has 0 fully saturated rings. The van der Waals surface area contributed by atoms with Gasteiger partial charge in [-0.15, -0.1) is 0 Å². The smallest absolute Gasteiger partial charge is 0.137 e. The number of Topliss-reactive ketones (excluding diaryl/α,β-unsaturated/α-hetero) is 1. The molecule has 0 bridgehead atoms. The first-order valence-electron chi connectivity index (χ1n) is 6.03. The van der Waals surface area contributed by atoms with Crippen LogP contribution < -0.4 is 5.32 Å². The van der Waals surface area contributed by atoms with Gasteiger partial charge in [0.05, 0.1) is 13.2 Å². The molecule has 0 aromatic rings. The molecule has 1 atom stereocenters. The van der Waals surface area contributed by atoms with Gasteiger partial charge in [0.1, 0.15) is 5.78 Å². The summed E-state index contributed by atoms with van der Waals surface area (Å²) in [6.07, 6.45) is 2.63. The minimum absolute atomic E-state index is 0.187. The first-order valence-corrected chi connectivity index (χ1v) is 6.03. The number of hydrogen-bond donors (Lipinski definition) is 1. The Morgan fingerprint density at radius 3 is 2.60 bits per heavy atom. The average molecular weight is 215 g/mol. The Morgan fingerprint density at radius 1 is 1.27 bits per heavy atom. The molecule has 3 heteroatoms. The summed E-state index contributed by atoms with van der Waals surface area (Å²) in [5, 5.41) is 3.25. The van der Waals surface area contributed by atoms with Gasteiger partial charge in [-0.3, -0.25) is 4.79 Å². The van der Waals surface area contributed by atoms with Crippen LogP contribution >= 0.6 is 0 Å². The van der Waals surface area contributed by atoms with Crippen molar-refractivity contribution in [2.75, 3.05) is 26.3 Å². The van der Waals surface area contributed by atoms with Crippen LogP contribution in [-0.2, 0) is 9.53 Å². The van der Waals surface area contributed by atoms with Crippen LogP contribution in [0.2, 0.25) is 0 Å². The standard InChI is InChI=1S/C12H25NO2/c1-4-7-13-8-10-15-9-6-12(14)11(3)5-2/h11,13H,4-10H2,1-3H3. The van der Waals surface area contributed by atoms with Crippen LogP contribution in [0.15, 0.2) is 0 Å². The van der Waals surface area contributed by atoms with Crippen LogP contribution in [0, 0.1) is 5.92 Å². The first-order chi connectivity index (χ1) is 7.22. The fourth-order valence-corrected chi connectivity index (χ4v) is 1.20. The van der Waals surface area contributed by atoms with Gasteiger partial charge in [-0.1, -0.05) is 20.8 Å². The lowest BCUT2D eigenvalue weighted by atomic mass is 10.0. The van der Waals surface area contributed by atoms with E-state index in [9.17, 15) is 4.79 Å². The van der Waals surface area contributed by atoms with Crippen LogP contribution in [-0.4, -0.2) is 32.1 Å². The number of nitrogens with one attached hydrogen (secondary N) is 1. The molecule has 0 heterocycles. The second-order valence-corrected chi connectivity index (χ2v) is 3.89. The average Bonchev–Trinajstić information content (AvgIpc) is 2.26. The first kappa shape index (κ1) is 14.6. The molecule has 90 valence electrons. The monoisotopic (exact) mass is 215 g/mol. The maximum absolute atomic E-state index is 11.4. The molecule has 0 saturated carbocycles. The number of carbonyl (C=O) groups excluding carboxylic acids is 1. The van der Waals surface area contributed by atoms with E-state index in [2.05, 4.69) is 12.2 Å². The maximum Gasteiger partial charge on any atom is 0.137 e. The van der Waals surface area contributed by atoms with Crippen LogP contribution in [0.4, 0.5) is 0 Å². The second-order valence-electron chi connectivity index (χ2n) is 3.89. The van der Waals surface area contributed by atoms with E-state index in [-0.39, 0.29) is 5.92 Å². The summed E-state index contributed by atoms with van der Waals surface area (Å²) >= 11 is 0. The summed E-state index contributed by atoms with van der Waals surface area (Å²) in [5.74, 6) is 0.505. The van der Waals surface area contributed by atoms with Crippen molar-refractivity contribution in [1.29, 1.82) is 0 Å². The molecule has 15 heavy (non-hydrogen) atoms. The van der Waals surface area contributed by atoms with E-state index in [1.807, 2.05) is 13.8 Å². The van der Waals surface area contributed by atoms with Gasteiger partial charge in [-0.2, -0.15) is 0 Å². The number of carbonyl (C=O) groups is 1. The highest BCUT2D eigenvalue weighted by molar-refractivity contribution is 5.80. The molecule has 1 unspecified atom stereocenters. The third-order valence-electron chi connectivity index (χ3n) is 2.50. The Hall–Kier alpha value is -0.410. The zero-order valence-electron chi connectivity index (χ0n) is 10.3. The predicted molar refractivity (Wildman–Crippen MR) is 63.1 cm³/mol. The summed E-state index contributed by atoms with van der Waals surface area (Å²) in [6.45, 7) is 9.34. The summed E-state index contributed by atoms with van der Waals surface area (Å²) in [5.41, 5.74) is 0. The van der Waals surface area contributed by atoms with E-state index in [1.54, 1.807) is 0 Å². The molecule has 0 saturated heterocycles. The van der Waals surface area contributed by atoms with E-state index >= 15 is 0 Å². The molecule has 0 aliphatic rings. The third kappa shape index (κ3) is 8.58. The summed E-state index contributed by atoms with van der Waals surface area (Å²) in [4.78, 5) is 11.4. The molecule has 0 aromatic heterocycles. The minimum atomic E-state index is 0.187. The SMILES string of the molecule is CCCNCCOCCC(=O)C(C)CC. The Morgan fingerprint density at radius 2 is 2.00 bits per heavy atom. The lowest BCUT2D eigenvalue weighted by molar-refractivity contribution is -0.123.